The predicted molar refractivity (Wildman–Crippen MR) is 76.7 cm³/mol. The molecule has 1 spiro atoms. The molecule has 5 nitrogen and oxygen atoms in total. The van der Waals surface area contributed by atoms with Crippen LogP contribution in [0.3, 0.4) is 0 Å². The molecule has 1 aliphatic carbocycles. The Labute approximate surface area is 121 Å². The number of hydrogen-bond donors (Lipinski definition) is 1. The standard InChI is InChI=1S/C15H28N2O3/c1-16-13-5-6-15(19-8-9-20-15)10-14(13)17(2)11-12-4-3-7-18-12/h12-14,16H,3-11H2,1-2H3. The van der Waals surface area contributed by atoms with E-state index in [2.05, 4.69) is 24.3 Å². The normalized spacial score (nSPS) is 37.0. The van der Waals surface area contributed by atoms with E-state index in [0.29, 0.717) is 18.2 Å². The quantitative estimate of drug-likeness (QED) is 0.833. The van der Waals surface area contributed by atoms with Crippen LogP contribution in [0.25, 0.3) is 0 Å². The van der Waals surface area contributed by atoms with Crippen LogP contribution in [-0.4, -0.2) is 69.3 Å². The second-order valence-corrected chi connectivity index (χ2v) is 6.39. The monoisotopic (exact) mass is 284 g/mol. The molecule has 2 aliphatic heterocycles. The number of nitrogens with zero attached hydrogens (tertiary/aromatic N) is 1. The van der Waals surface area contributed by atoms with E-state index in [-0.39, 0.29) is 5.79 Å². The second kappa shape index (κ2) is 6.28. The lowest BCUT2D eigenvalue weighted by Gasteiger charge is -2.45. The third-order valence-electron chi connectivity index (χ3n) is 5.09. The summed E-state index contributed by atoms with van der Waals surface area (Å²) in [6.45, 7) is 3.42. The van der Waals surface area contributed by atoms with Gasteiger partial charge in [0, 0.05) is 38.1 Å². The SMILES string of the molecule is CNC1CCC2(CC1N(C)CC1CCCO1)OCCO2. The number of rotatable bonds is 4. The summed E-state index contributed by atoms with van der Waals surface area (Å²) >= 11 is 0. The minimum absolute atomic E-state index is 0.317. The van der Waals surface area contributed by atoms with Crippen molar-refractivity contribution in [1.29, 1.82) is 0 Å². The Morgan fingerprint density at radius 2 is 2.00 bits per heavy atom. The van der Waals surface area contributed by atoms with E-state index in [1.54, 1.807) is 0 Å². The zero-order chi connectivity index (χ0) is 14.0. The third-order valence-corrected chi connectivity index (χ3v) is 5.09. The molecule has 3 atom stereocenters. The van der Waals surface area contributed by atoms with Crippen LogP contribution in [0, 0.1) is 0 Å². The van der Waals surface area contributed by atoms with Crippen LogP contribution < -0.4 is 5.32 Å². The van der Waals surface area contributed by atoms with Gasteiger partial charge >= 0.3 is 0 Å². The fraction of sp³-hybridized carbons (Fsp3) is 1.00. The maximum Gasteiger partial charge on any atom is 0.170 e. The van der Waals surface area contributed by atoms with E-state index in [1.807, 2.05) is 0 Å². The molecule has 2 saturated heterocycles. The highest BCUT2D eigenvalue weighted by molar-refractivity contribution is 4.96. The topological polar surface area (TPSA) is 43.0 Å². The van der Waals surface area contributed by atoms with Gasteiger partial charge in [0.05, 0.1) is 19.3 Å². The van der Waals surface area contributed by atoms with Crippen molar-refractivity contribution in [3.63, 3.8) is 0 Å². The lowest BCUT2D eigenvalue weighted by atomic mass is 9.84. The van der Waals surface area contributed by atoms with Gasteiger partial charge in [-0.05, 0) is 33.4 Å². The van der Waals surface area contributed by atoms with Gasteiger partial charge < -0.3 is 19.5 Å². The summed E-state index contributed by atoms with van der Waals surface area (Å²) in [7, 11) is 4.27. The van der Waals surface area contributed by atoms with Gasteiger partial charge in [-0.1, -0.05) is 0 Å². The van der Waals surface area contributed by atoms with Crippen LogP contribution in [0.1, 0.15) is 32.1 Å². The van der Waals surface area contributed by atoms with E-state index in [9.17, 15) is 0 Å². The Morgan fingerprint density at radius 3 is 2.65 bits per heavy atom. The van der Waals surface area contributed by atoms with Gasteiger partial charge in [-0.3, -0.25) is 4.90 Å². The molecule has 0 radical (unpaired) electrons. The largest absolute Gasteiger partial charge is 0.377 e. The molecule has 3 fully saturated rings. The maximum atomic E-state index is 5.92. The van der Waals surface area contributed by atoms with Crippen LogP contribution in [0.4, 0.5) is 0 Å². The number of ether oxygens (including phenoxy) is 3. The lowest BCUT2D eigenvalue weighted by Crippen LogP contribution is -2.57. The first kappa shape index (κ1) is 14.7. The Kier molecular flexibility index (Phi) is 4.62. The first-order valence-electron chi connectivity index (χ1n) is 7.99. The van der Waals surface area contributed by atoms with Crippen LogP contribution >= 0.6 is 0 Å². The Hall–Kier alpha value is -0.200. The Morgan fingerprint density at radius 1 is 1.20 bits per heavy atom. The zero-order valence-corrected chi connectivity index (χ0v) is 12.8. The average molecular weight is 284 g/mol. The summed E-state index contributed by atoms with van der Waals surface area (Å²) in [4.78, 5) is 2.45. The fourth-order valence-corrected chi connectivity index (χ4v) is 3.93. The molecule has 3 rings (SSSR count). The first-order valence-corrected chi connectivity index (χ1v) is 7.99. The van der Waals surface area contributed by atoms with Gasteiger partial charge in [-0.15, -0.1) is 0 Å². The zero-order valence-electron chi connectivity index (χ0n) is 12.8. The van der Waals surface area contributed by atoms with Gasteiger partial charge in [-0.25, -0.2) is 0 Å². The molecule has 0 amide bonds. The van der Waals surface area contributed by atoms with Gasteiger partial charge in [0.1, 0.15) is 0 Å². The molecule has 0 aromatic heterocycles. The molecule has 0 aromatic carbocycles. The summed E-state index contributed by atoms with van der Waals surface area (Å²) in [5, 5.41) is 3.47. The fourth-order valence-electron chi connectivity index (χ4n) is 3.93. The predicted octanol–water partition coefficient (Wildman–Crippen LogP) is 0.981. The molecule has 2 heterocycles. The van der Waals surface area contributed by atoms with Crippen LogP contribution in [0.5, 0.6) is 0 Å². The van der Waals surface area contributed by atoms with Crippen molar-refractivity contribution in [1.82, 2.24) is 10.2 Å². The van der Waals surface area contributed by atoms with Crippen LogP contribution in [-0.2, 0) is 14.2 Å². The van der Waals surface area contributed by atoms with Crippen molar-refractivity contribution in [2.24, 2.45) is 0 Å². The van der Waals surface area contributed by atoms with E-state index in [0.717, 1.165) is 45.6 Å². The minimum Gasteiger partial charge on any atom is -0.377 e. The van der Waals surface area contributed by atoms with E-state index in [4.69, 9.17) is 14.2 Å². The summed E-state index contributed by atoms with van der Waals surface area (Å²) in [6, 6.07) is 0.968. The smallest absolute Gasteiger partial charge is 0.170 e. The Bertz CT molecular complexity index is 314. The highest BCUT2D eigenvalue weighted by Gasteiger charge is 2.46. The molecule has 1 N–H and O–H groups in total. The average Bonchev–Trinajstić information content (AvgIpc) is 3.11. The molecule has 3 unspecified atom stereocenters. The van der Waals surface area contributed by atoms with Crippen LogP contribution in [0.15, 0.2) is 0 Å². The molecular weight excluding hydrogens is 256 g/mol. The lowest BCUT2D eigenvalue weighted by molar-refractivity contribution is -0.193. The number of likely N-dealkylation sites (N-methyl/N-ethyl adjacent to an activating group) is 2. The molecule has 1 saturated carbocycles. The second-order valence-electron chi connectivity index (χ2n) is 6.39. The maximum absolute atomic E-state index is 5.92. The summed E-state index contributed by atoms with van der Waals surface area (Å²) < 4.78 is 17.6. The van der Waals surface area contributed by atoms with Gasteiger partial charge in [0.2, 0.25) is 0 Å². The Balaban J connectivity index is 1.63. The molecule has 5 heteroatoms. The molecule has 3 aliphatic rings. The van der Waals surface area contributed by atoms with Crippen LogP contribution in [0.2, 0.25) is 0 Å². The van der Waals surface area contributed by atoms with Crippen molar-refractivity contribution >= 4 is 0 Å². The van der Waals surface area contributed by atoms with E-state index >= 15 is 0 Å². The molecule has 0 aromatic rings. The van der Waals surface area contributed by atoms with E-state index < -0.39 is 0 Å². The van der Waals surface area contributed by atoms with Crippen molar-refractivity contribution in [2.75, 3.05) is 40.5 Å². The summed E-state index contributed by atoms with van der Waals surface area (Å²) in [5.41, 5.74) is 0. The van der Waals surface area contributed by atoms with Crippen molar-refractivity contribution < 1.29 is 14.2 Å². The molecule has 0 bridgehead atoms. The highest BCUT2D eigenvalue weighted by atomic mass is 16.7. The van der Waals surface area contributed by atoms with Crippen molar-refractivity contribution in [2.45, 2.75) is 56.1 Å². The molecular formula is C15H28N2O3. The molecule has 20 heavy (non-hydrogen) atoms. The minimum atomic E-state index is -0.317. The highest BCUT2D eigenvalue weighted by Crippen LogP contribution is 2.37. The van der Waals surface area contributed by atoms with Crippen molar-refractivity contribution in [3.05, 3.63) is 0 Å². The van der Waals surface area contributed by atoms with Gasteiger partial charge in [-0.2, -0.15) is 0 Å². The van der Waals surface area contributed by atoms with Crippen molar-refractivity contribution in [3.8, 4) is 0 Å². The summed E-state index contributed by atoms with van der Waals surface area (Å²) in [6.07, 6.45) is 5.87. The van der Waals surface area contributed by atoms with E-state index in [1.165, 1.54) is 12.8 Å². The third kappa shape index (κ3) is 3.02. The van der Waals surface area contributed by atoms with Gasteiger partial charge in [0.15, 0.2) is 5.79 Å². The molecule has 116 valence electrons. The number of hydrogen-bond acceptors (Lipinski definition) is 5. The summed E-state index contributed by atoms with van der Waals surface area (Å²) in [5.74, 6) is -0.317. The number of nitrogens with one attached hydrogen (secondary N) is 1. The van der Waals surface area contributed by atoms with Gasteiger partial charge in [0.25, 0.3) is 0 Å². The first-order chi connectivity index (χ1) is 9.72.